The second-order valence-corrected chi connectivity index (χ2v) is 3.82. The molecule has 84 valence electrons. The number of nitrogens with zero attached hydrogens (tertiary/aromatic N) is 2. The number of aliphatic hydroxyl groups is 1. The van der Waals surface area contributed by atoms with Gasteiger partial charge in [0.15, 0.2) is 0 Å². The Hall–Kier alpha value is -0.640. The van der Waals surface area contributed by atoms with Gasteiger partial charge in [-0.15, -0.1) is 0 Å². The van der Waals surface area contributed by atoms with Crippen LogP contribution < -0.4 is 0 Å². The molecule has 0 bridgehead atoms. The second-order valence-electron chi connectivity index (χ2n) is 3.43. The molecule has 15 heavy (non-hydrogen) atoms. The van der Waals surface area contributed by atoms with E-state index < -0.39 is 0 Å². The van der Waals surface area contributed by atoms with Crippen LogP contribution in [0.1, 0.15) is 18.9 Å². The van der Waals surface area contributed by atoms with Crippen LogP contribution in [0.5, 0.6) is 0 Å². The average Bonchev–Trinajstić information content (AvgIpc) is 2.24. The summed E-state index contributed by atoms with van der Waals surface area (Å²) in [6.45, 7) is 5.10. The Morgan fingerprint density at radius 1 is 1.53 bits per heavy atom. The third-order valence-corrected chi connectivity index (χ3v) is 2.48. The van der Waals surface area contributed by atoms with Gasteiger partial charge in [0.2, 0.25) is 0 Å². The van der Waals surface area contributed by atoms with E-state index in [0.29, 0.717) is 5.15 Å². The van der Waals surface area contributed by atoms with Gasteiger partial charge in [0.1, 0.15) is 5.15 Å². The van der Waals surface area contributed by atoms with Gasteiger partial charge in [-0.05, 0) is 30.7 Å². The quantitative estimate of drug-likeness (QED) is 0.756. The third kappa shape index (κ3) is 4.60. The van der Waals surface area contributed by atoms with Gasteiger partial charge >= 0.3 is 0 Å². The lowest BCUT2D eigenvalue weighted by Crippen LogP contribution is -2.24. The SMILES string of the molecule is CCN(CCCO)Cc1ccnc(Cl)c1. The molecule has 0 aliphatic heterocycles. The van der Waals surface area contributed by atoms with E-state index >= 15 is 0 Å². The first kappa shape index (κ1) is 12.4. The summed E-state index contributed by atoms with van der Waals surface area (Å²) in [4.78, 5) is 6.21. The summed E-state index contributed by atoms with van der Waals surface area (Å²) in [5.74, 6) is 0. The van der Waals surface area contributed by atoms with Crippen LogP contribution in [0.15, 0.2) is 18.3 Å². The summed E-state index contributed by atoms with van der Waals surface area (Å²) < 4.78 is 0. The van der Waals surface area contributed by atoms with Crippen LogP contribution in [0.4, 0.5) is 0 Å². The van der Waals surface area contributed by atoms with Crippen LogP contribution >= 0.6 is 11.6 Å². The zero-order chi connectivity index (χ0) is 11.1. The molecule has 0 amide bonds. The zero-order valence-corrected chi connectivity index (χ0v) is 9.74. The Labute approximate surface area is 95.7 Å². The molecular formula is C11H17ClN2O. The van der Waals surface area contributed by atoms with Crippen molar-refractivity contribution in [2.24, 2.45) is 0 Å². The molecule has 4 heteroatoms. The lowest BCUT2D eigenvalue weighted by atomic mass is 10.2. The fourth-order valence-corrected chi connectivity index (χ4v) is 1.64. The average molecular weight is 229 g/mol. The summed E-state index contributed by atoms with van der Waals surface area (Å²) in [6, 6.07) is 3.84. The first-order chi connectivity index (χ1) is 7.26. The van der Waals surface area contributed by atoms with E-state index in [1.54, 1.807) is 6.20 Å². The molecule has 1 aromatic heterocycles. The van der Waals surface area contributed by atoms with Gasteiger partial charge in [-0.2, -0.15) is 0 Å². The number of aromatic nitrogens is 1. The zero-order valence-electron chi connectivity index (χ0n) is 8.99. The summed E-state index contributed by atoms with van der Waals surface area (Å²) in [6.07, 6.45) is 2.53. The van der Waals surface area contributed by atoms with Crippen LogP contribution in [-0.4, -0.2) is 34.7 Å². The molecule has 1 N–H and O–H groups in total. The van der Waals surface area contributed by atoms with Crippen molar-refractivity contribution < 1.29 is 5.11 Å². The second kappa shape index (κ2) is 6.77. The third-order valence-electron chi connectivity index (χ3n) is 2.28. The molecule has 0 saturated carbocycles. The topological polar surface area (TPSA) is 36.4 Å². The summed E-state index contributed by atoms with van der Waals surface area (Å²) in [7, 11) is 0. The van der Waals surface area contributed by atoms with Crippen LogP contribution in [0, 0.1) is 0 Å². The van der Waals surface area contributed by atoms with Crippen LogP contribution in [0.25, 0.3) is 0 Å². The normalized spacial score (nSPS) is 10.9. The standard InChI is InChI=1S/C11H17ClN2O/c1-2-14(6-3-7-15)9-10-4-5-13-11(12)8-10/h4-5,8,15H,2-3,6-7,9H2,1H3. The van der Waals surface area contributed by atoms with Crippen LogP contribution in [-0.2, 0) is 6.54 Å². The number of hydrogen-bond acceptors (Lipinski definition) is 3. The lowest BCUT2D eigenvalue weighted by Gasteiger charge is -2.19. The maximum atomic E-state index is 8.76. The van der Waals surface area contributed by atoms with E-state index in [0.717, 1.165) is 31.6 Å². The fraction of sp³-hybridized carbons (Fsp3) is 0.545. The van der Waals surface area contributed by atoms with Gasteiger partial charge in [0.05, 0.1) is 0 Å². The molecule has 0 radical (unpaired) electrons. The molecule has 0 fully saturated rings. The highest BCUT2D eigenvalue weighted by Gasteiger charge is 2.03. The Kier molecular flexibility index (Phi) is 5.61. The molecule has 3 nitrogen and oxygen atoms in total. The molecule has 0 aliphatic carbocycles. The smallest absolute Gasteiger partial charge is 0.129 e. The van der Waals surface area contributed by atoms with Crippen LogP contribution in [0.2, 0.25) is 5.15 Å². The Morgan fingerprint density at radius 2 is 2.33 bits per heavy atom. The van der Waals surface area contributed by atoms with E-state index in [4.69, 9.17) is 16.7 Å². The molecule has 0 aromatic carbocycles. The Balaban J connectivity index is 2.50. The number of pyridine rings is 1. The summed E-state index contributed by atoms with van der Waals surface area (Å²) >= 11 is 5.81. The van der Waals surface area contributed by atoms with Gasteiger partial charge in [-0.25, -0.2) is 4.98 Å². The Bertz CT molecular complexity index is 294. The molecule has 1 aromatic rings. The van der Waals surface area contributed by atoms with Crippen molar-refractivity contribution in [3.05, 3.63) is 29.0 Å². The molecule has 1 heterocycles. The minimum absolute atomic E-state index is 0.244. The fourth-order valence-electron chi connectivity index (χ4n) is 1.44. The molecule has 0 spiro atoms. The monoisotopic (exact) mass is 228 g/mol. The number of hydrogen-bond donors (Lipinski definition) is 1. The van der Waals surface area contributed by atoms with Crippen molar-refractivity contribution in [3.63, 3.8) is 0 Å². The summed E-state index contributed by atoms with van der Waals surface area (Å²) in [5, 5.41) is 9.30. The van der Waals surface area contributed by atoms with E-state index in [-0.39, 0.29) is 6.61 Å². The van der Waals surface area contributed by atoms with Crippen molar-refractivity contribution >= 4 is 11.6 Å². The van der Waals surface area contributed by atoms with Gasteiger partial charge in [-0.1, -0.05) is 18.5 Å². The highest BCUT2D eigenvalue weighted by Crippen LogP contribution is 2.09. The van der Waals surface area contributed by atoms with E-state index in [2.05, 4.69) is 16.8 Å². The van der Waals surface area contributed by atoms with Crippen molar-refractivity contribution in [3.8, 4) is 0 Å². The number of aliphatic hydroxyl groups excluding tert-OH is 1. The molecule has 0 atom stereocenters. The van der Waals surface area contributed by atoms with Gasteiger partial charge in [0, 0.05) is 25.9 Å². The molecule has 0 saturated heterocycles. The first-order valence-electron chi connectivity index (χ1n) is 5.20. The first-order valence-corrected chi connectivity index (χ1v) is 5.57. The van der Waals surface area contributed by atoms with E-state index in [9.17, 15) is 0 Å². The minimum Gasteiger partial charge on any atom is -0.396 e. The van der Waals surface area contributed by atoms with E-state index in [1.807, 2.05) is 12.1 Å². The highest BCUT2D eigenvalue weighted by atomic mass is 35.5. The molecule has 0 unspecified atom stereocenters. The van der Waals surface area contributed by atoms with Crippen molar-refractivity contribution in [2.45, 2.75) is 19.9 Å². The van der Waals surface area contributed by atoms with E-state index in [1.165, 1.54) is 0 Å². The number of halogens is 1. The number of rotatable bonds is 6. The summed E-state index contributed by atoms with van der Waals surface area (Å²) in [5.41, 5.74) is 1.16. The molecule has 0 aliphatic rings. The predicted molar refractivity (Wildman–Crippen MR) is 61.9 cm³/mol. The van der Waals surface area contributed by atoms with Gasteiger partial charge < -0.3 is 5.11 Å². The van der Waals surface area contributed by atoms with Crippen molar-refractivity contribution in [1.29, 1.82) is 0 Å². The minimum atomic E-state index is 0.244. The molecule has 1 rings (SSSR count). The maximum Gasteiger partial charge on any atom is 0.129 e. The van der Waals surface area contributed by atoms with Crippen molar-refractivity contribution in [2.75, 3.05) is 19.7 Å². The van der Waals surface area contributed by atoms with Gasteiger partial charge in [-0.3, -0.25) is 4.90 Å². The van der Waals surface area contributed by atoms with Crippen LogP contribution in [0.3, 0.4) is 0 Å². The van der Waals surface area contributed by atoms with Crippen molar-refractivity contribution in [1.82, 2.24) is 9.88 Å². The largest absolute Gasteiger partial charge is 0.396 e. The maximum absolute atomic E-state index is 8.76. The lowest BCUT2D eigenvalue weighted by molar-refractivity contribution is 0.225. The predicted octanol–water partition coefficient (Wildman–Crippen LogP) is 1.94. The Morgan fingerprint density at radius 3 is 2.93 bits per heavy atom. The molecular weight excluding hydrogens is 212 g/mol. The highest BCUT2D eigenvalue weighted by molar-refractivity contribution is 6.29. The van der Waals surface area contributed by atoms with Gasteiger partial charge in [0.25, 0.3) is 0 Å².